The highest BCUT2D eigenvalue weighted by Gasteiger charge is 2.08. The average molecular weight is 234 g/mol. The molecule has 0 saturated carbocycles. The molecule has 0 spiro atoms. The van der Waals surface area contributed by atoms with Gasteiger partial charge < -0.3 is 4.74 Å². The van der Waals surface area contributed by atoms with E-state index in [2.05, 4.69) is 16.9 Å². The highest BCUT2D eigenvalue weighted by molar-refractivity contribution is 5.95. The molecule has 3 nitrogen and oxygen atoms in total. The van der Waals surface area contributed by atoms with Crippen LogP contribution in [0.5, 0.6) is 0 Å². The highest BCUT2D eigenvalue weighted by atomic mass is 16.5. The maximum Gasteiger partial charge on any atom is 0.313 e. The van der Waals surface area contributed by atoms with Gasteiger partial charge in [-0.1, -0.05) is 30.3 Å². The maximum absolute atomic E-state index is 11.3. The minimum absolute atomic E-state index is 0.0371. The molecule has 0 N–H and O–H groups in total. The Morgan fingerprint density at radius 3 is 2.47 bits per heavy atom. The molecule has 17 heavy (non-hydrogen) atoms. The third kappa shape index (κ3) is 5.85. The lowest BCUT2D eigenvalue weighted by atomic mass is 10.1. The maximum atomic E-state index is 11.3. The van der Waals surface area contributed by atoms with E-state index < -0.39 is 5.97 Å². The number of rotatable bonds is 7. The zero-order valence-corrected chi connectivity index (χ0v) is 10.1. The van der Waals surface area contributed by atoms with Gasteiger partial charge in [-0.05, 0) is 24.8 Å². The van der Waals surface area contributed by atoms with Gasteiger partial charge in [-0.25, -0.2) is 0 Å². The number of carbonyl (C=O) groups excluding carboxylic acids is 2. The summed E-state index contributed by atoms with van der Waals surface area (Å²) in [5.74, 6) is -0.483. The van der Waals surface area contributed by atoms with Crippen molar-refractivity contribution >= 4 is 11.8 Å². The Kier molecular flexibility index (Phi) is 6.00. The summed E-state index contributed by atoms with van der Waals surface area (Å²) in [6.45, 7) is 0. The number of esters is 1. The van der Waals surface area contributed by atoms with Gasteiger partial charge in [0.25, 0.3) is 0 Å². The number of methoxy groups -OCH3 is 1. The number of aryl methyl sites for hydroxylation is 1. The molecule has 1 aromatic carbocycles. The number of ether oxygens (including phenoxy) is 1. The van der Waals surface area contributed by atoms with E-state index in [1.165, 1.54) is 12.7 Å². The van der Waals surface area contributed by atoms with Crippen LogP contribution in [-0.2, 0) is 20.7 Å². The summed E-state index contributed by atoms with van der Waals surface area (Å²) in [6.07, 6.45) is 3.14. The third-order valence-corrected chi connectivity index (χ3v) is 2.58. The second-order valence-corrected chi connectivity index (χ2v) is 3.98. The summed E-state index contributed by atoms with van der Waals surface area (Å²) in [5, 5.41) is 0. The molecule has 92 valence electrons. The van der Waals surface area contributed by atoms with Crippen molar-refractivity contribution in [3.05, 3.63) is 35.9 Å². The van der Waals surface area contributed by atoms with Crippen molar-refractivity contribution in [2.45, 2.75) is 32.1 Å². The van der Waals surface area contributed by atoms with E-state index in [0.717, 1.165) is 19.3 Å². The summed E-state index contributed by atoms with van der Waals surface area (Å²) in [5.41, 5.74) is 1.29. The molecule has 0 fully saturated rings. The Bertz CT molecular complexity index is 357. The molecule has 0 aromatic heterocycles. The average Bonchev–Trinajstić information content (AvgIpc) is 2.36. The van der Waals surface area contributed by atoms with Gasteiger partial charge in [0, 0.05) is 6.42 Å². The molecule has 0 unspecified atom stereocenters. The molecule has 0 heterocycles. The fourth-order valence-corrected chi connectivity index (χ4v) is 1.62. The van der Waals surface area contributed by atoms with Gasteiger partial charge in [-0.2, -0.15) is 0 Å². The number of benzene rings is 1. The van der Waals surface area contributed by atoms with Gasteiger partial charge in [0.15, 0.2) is 0 Å². The third-order valence-electron chi connectivity index (χ3n) is 2.58. The second-order valence-electron chi connectivity index (χ2n) is 3.98. The number of Topliss-reactive ketones (excluding diaryl/α,β-unsaturated/α-hetero) is 1. The largest absolute Gasteiger partial charge is 0.469 e. The van der Waals surface area contributed by atoms with Crippen molar-refractivity contribution < 1.29 is 14.3 Å². The molecule has 0 aliphatic rings. The quantitative estimate of drug-likeness (QED) is 0.413. The fraction of sp³-hybridized carbons (Fsp3) is 0.429. The number of carbonyl (C=O) groups is 2. The molecule has 0 amide bonds. The van der Waals surface area contributed by atoms with Crippen LogP contribution < -0.4 is 0 Å². The van der Waals surface area contributed by atoms with E-state index in [1.807, 2.05) is 18.2 Å². The van der Waals surface area contributed by atoms with Crippen molar-refractivity contribution in [2.75, 3.05) is 7.11 Å². The monoisotopic (exact) mass is 234 g/mol. The number of ketones is 1. The van der Waals surface area contributed by atoms with Crippen molar-refractivity contribution in [3.63, 3.8) is 0 Å². The SMILES string of the molecule is COC(=O)CC(=O)CCCCc1ccccc1. The first-order valence-electron chi connectivity index (χ1n) is 5.85. The van der Waals surface area contributed by atoms with Gasteiger partial charge in [-0.15, -0.1) is 0 Å². The van der Waals surface area contributed by atoms with Gasteiger partial charge in [-0.3, -0.25) is 9.59 Å². The highest BCUT2D eigenvalue weighted by Crippen LogP contribution is 2.07. The van der Waals surface area contributed by atoms with Crippen LogP contribution in [0.4, 0.5) is 0 Å². The molecule has 0 aliphatic carbocycles. The van der Waals surface area contributed by atoms with Crippen molar-refractivity contribution in [1.82, 2.24) is 0 Å². The zero-order valence-electron chi connectivity index (χ0n) is 10.1. The fourth-order valence-electron chi connectivity index (χ4n) is 1.62. The van der Waals surface area contributed by atoms with Gasteiger partial charge in [0.1, 0.15) is 12.2 Å². The lowest BCUT2D eigenvalue weighted by Gasteiger charge is -2.01. The van der Waals surface area contributed by atoms with Crippen LogP contribution in [0.25, 0.3) is 0 Å². The van der Waals surface area contributed by atoms with Crippen LogP contribution in [0.2, 0.25) is 0 Å². The van der Waals surface area contributed by atoms with Crippen LogP contribution in [0, 0.1) is 0 Å². The Balaban J connectivity index is 2.12. The second kappa shape index (κ2) is 7.60. The van der Waals surface area contributed by atoms with E-state index in [-0.39, 0.29) is 12.2 Å². The summed E-state index contributed by atoms with van der Waals surface area (Å²) in [7, 11) is 1.30. The van der Waals surface area contributed by atoms with Crippen LogP contribution in [0.1, 0.15) is 31.2 Å². The van der Waals surface area contributed by atoms with Crippen LogP contribution >= 0.6 is 0 Å². The molecular weight excluding hydrogens is 216 g/mol. The van der Waals surface area contributed by atoms with Crippen molar-refractivity contribution in [1.29, 1.82) is 0 Å². The molecule has 1 aromatic rings. The predicted octanol–water partition coefficient (Wildman–Crippen LogP) is 2.53. The topological polar surface area (TPSA) is 43.4 Å². The minimum atomic E-state index is -0.446. The van der Waals surface area contributed by atoms with Crippen LogP contribution in [0.15, 0.2) is 30.3 Å². The molecule has 0 saturated heterocycles. The summed E-state index contributed by atoms with van der Waals surface area (Å²) in [6, 6.07) is 10.2. The standard InChI is InChI=1S/C14H18O3/c1-17-14(16)11-13(15)10-6-5-9-12-7-3-2-4-8-12/h2-4,7-8H,5-6,9-11H2,1H3. The number of hydrogen-bond acceptors (Lipinski definition) is 3. The first-order chi connectivity index (χ1) is 8.22. The van der Waals surface area contributed by atoms with E-state index in [4.69, 9.17) is 0 Å². The smallest absolute Gasteiger partial charge is 0.313 e. The van der Waals surface area contributed by atoms with Gasteiger partial charge in [0.05, 0.1) is 7.11 Å². The lowest BCUT2D eigenvalue weighted by Crippen LogP contribution is -2.08. The Labute approximate surface area is 102 Å². The van der Waals surface area contributed by atoms with Crippen LogP contribution in [-0.4, -0.2) is 18.9 Å². The van der Waals surface area contributed by atoms with Gasteiger partial charge >= 0.3 is 5.97 Å². The number of hydrogen-bond donors (Lipinski definition) is 0. The summed E-state index contributed by atoms with van der Waals surface area (Å²) in [4.78, 5) is 22.2. The van der Waals surface area contributed by atoms with Crippen molar-refractivity contribution in [2.24, 2.45) is 0 Å². The lowest BCUT2D eigenvalue weighted by molar-refractivity contribution is -0.143. The Morgan fingerprint density at radius 1 is 1.12 bits per heavy atom. The normalized spacial score (nSPS) is 9.94. The van der Waals surface area contributed by atoms with E-state index in [1.54, 1.807) is 0 Å². The molecule has 0 bridgehead atoms. The van der Waals surface area contributed by atoms with Crippen LogP contribution in [0.3, 0.4) is 0 Å². The minimum Gasteiger partial charge on any atom is -0.469 e. The first kappa shape index (κ1) is 13.4. The first-order valence-corrected chi connectivity index (χ1v) is 5.85. The molecular formula is C14H18O3. The molecule has 3 heteroatoms. The predicted molar refractivity (Wildman–Crippen MR) is 65.6 cm³/mol. The molecule has 0 atom stereocenters. The van der Waals surface area contributed by atoms with Crippen molar-refractivity contribution in [3.8, 4) is 0 Å². The van der Waals surface area contributed by atoms with E-state index in [0.29, 0.717) is 6.42 Å². The number of unbranched alkanes of at least 4 members (excludes halogenated alkanes) is 1. The molecule has 0 radical (unpaired) electrons. The van der Waals surface area contributed by atoms with Gasteiger partial charge in [0.2, 0.25) is 0 Å². The Morgan fingerprint density at radius 2 is 1.82 bits per heavy atom. The summed E-state index contributed by atoms with van der Waals surface area (Å²) >= 11 is 0. The van der Waals surface area contributed by atoms with E-state index >= 15 is 0 Å². The zero-order chi connectivity index (χ0) is 12.5. The Hall–Kier alpha value is -1.64. The molecule has 0 aliphatic heterocycles. The molecule has 1 rings (SSSR count). The summed E-state index contributed by atoms with van der Waals surface area (Å²) < 4.78 is 4.44. The van der Waals surface area contributed by atoms with E-state index in [9.17, 15) is 9.59 Å².